The minimum absolute atomic E-state index is 0.494. The van der Waals surface area contributed by atoms with Gasteiger partial charge in [-0.1, -0.05) is 6.42 Å². The van der Waals surface area contributed by atoms with Crippen molar-refractivity contribution in [2.24, 2.45) is 0 Å². The van der Waals surface area contributed by atoms with Crippen LogP contribution in [0, 0.1) is 0 Å². The molecule has 0 aromatic carbocycles. The van der Waals surface area contributed by atoms with Gasteiger partial charge in [0, 0.05) is 11.3 Å². The standard InChI is InChI=1S/C12H19N3OS/c1-16-12-8(13)6-7-11(15-12)14-9-4-3-5-10(9)17-2/h6-7,9-10H,3-5,13H2,1-2H3,(H,14,15). The molecule has 1 saturated carbocycles. The van der Waals surface area contributed by atoms with Crippen LogP contribution in [0.4, 0.5) is 11.5 Å². The Labute approximate surface area is 106 Å². The summed E-state index contributed by atoms with van der Waals surface area (Å²) in [6.45, 7) is 0. The highest BCUT2D eigenvalue weighted by Crippen LogP contribution is 2.31. The van der Waals surface area contributed by atoms with E-state index in [2.05, 4.69) is 16.6 Å². The first-order valence-corrected chi connectivity index (χ1v) is 7.13. The molecule has 1 fully saturated rings. The Morgan fingerprint density at radius 1 is 1.47 bits per heavy atom. The topological polar surface area (TPSA) is 60.2 Å². The van der Waals surface area contributed by atoms with E-state index in [1.807, 2.05) is 23.9 Å². The Hall–Kier alpha value is -1.10. The summed E-state index contributed by atoms with van der Waals surface area (Å²) in [6, 6.07) is 4.25. The molecule has 1 heterocycles. The van der Waals surface area contributed by atoms with Crippen LogP contribution in [0.15, 0.2) is 12.1 Å². The molecular formula is C12H19N3OS. The summed E-state index contributed by atoms with van der Waals surface area (Å²) >= 11 is 1.93. The zero-order valence-corrected chi connectivity index (χ0v) is 11.1. The molecular weight excluding hydrogens is 234 g/mol. The van der Waals surface area contributed by atoms with Gasteiger partial charge >= 0.3 is 0 Å². The monoisotopic (exact) mass is 253 g/mol. The number of aromatic nitrogens is 1. The normalized spacial score (nSPS) is 23.6. The van der Waals surface area contributed by atoms with Crippen LogP contribution in [0.5, 0.6) is 5.88 Å². The predicted molar refractivity (Wildman–Crippen MR) is 73.8 cm³/mol. The van der Waals surface area contributed by atoms with Crippen molar-refractivity contribution in [2.75, 3.05) is 24.4 Å². The van der Waals surface area contributed by atoms with Crippen LogP contribution in [0.1, 0.15) is 19.3 Å². The Bertz CT molecular complexity index is 386. The second kappa shape index (κ2) is 5.49. The summed E-state index contributed by atoms with van der Waals surface area (Å²) in [5.41, 5.74) is 6.32. The van der Waals surface area contributed by atoms with Gasteiger partial charge < -0.3 is 15.8 Å². The quantitative estimate of drug-likeness (QED) is 0.862. The van der Waals surface area contributed by atoms with E-state index in [0.717, 1.165) is 5.82 Å². The highest BCUT2D eigenvalue weighted by atomic mass is 32.2. The molecule has 1 aromatic heterocycles. The summed E-state index contributed by atoms with van der Waals surface area (Å²) in [7, 11) is 1.59. The van der Waals surface area contributed by atoms with Crippen LogP contribution in [0.3, 0.4) is 0 Å². The Morgan fingerprint density at radius 2 is 2.29 bits per heavy atom. The molecule has 3 N–H and O–H groups in total. The minimum Gasteiger partial charge on any atom is -0.479 e. The van der Waals surface area contributed by atoms with Gasteiger partial charge in [-0.05, 0) is 31.2 Å². The van der Waals surface area contributed by atoms with E-state index in [0.29, 0.717) is 22.9 Å². The number of nitrogens with one attached hydrogen (secondary N) is 1. The predicted octanol–water partition coefficient (Wildman–Crippen LogP) is 2.37. The van der Waals surface area contributed by atoms with E-state index in [1.165, 1.54) is 19.3 Å². The van der Waals surface area contributed by atoms with Crippen molar-refractivity contribution < 1.29 is 4.74 Å². The lowest BCUT2D eigenvalue weighted by molar-refractivity contribution is 0.400. The third kappa shape index (κ3) is 2.77. The minimum atomic E-state index is 0.494. The van der Waals surface area contributed by atoms with E-state index in [4.69, 9.17) is 10.5 Å². The van der Waals surface area contributed by atoms with Crippen LogP contribution in [-0.2, 0) is 0 Å². The Kier molecular flexibility index (Phi) is 3.99. The molecule has 0 saturated heterocycles. The molecule has 1 aromatic rings. The van der Waals surface area contributed by atoms with Crippen LogP contribution in [0.25, 0.3) is 0 Å². The van der Waals surface area contributed by atoms with Gasteiger partial charge in [-0.15, -0.1) is 0 Å². The molecule has 0 amide bonds. The third-order valence-electron chi connectivity index (χ3n) is 3.17. The van der Waals surface area contributed by atoms with Gasteiger partial charge in [-0.3, -0.25) is 0 Å². The van der Waals surface area contributed by atoms with Gasteiger partial charge in [0.2, 0.25) is 5.88 Å². The fourth-order valence-corrected chi connectivity index (χ4v) is 3.19. The highest BCUT2D eigenvalue weighted by molar-refractivity contribution is 7.99. The lowest BCUT2D eigenvalue weighted by atomic mass is 10.2. The maximum absolute atomic E-state index is 5.74. The fraction of sp³-hybridized carbons (Fsp3) is 0.583. The van der Waals surface area contributed by atoms with Crippen molar-refractivity contribution in [1.29, 1.82) is 0 Å². The van der Waals surface area contributed by atoms with Crippen molar-refractivity contribution in [3.05, 3.63) is 12.1 Å². The van der Waals surface area contributed by atoms with E-state index in [9.17, 15) is 0 Å². The van der Waals surface area contributed by atoms with E-state index in [-0.39, 0.29) is 0 Å². The maximum atomic E-state index is 5.74. The number of nitrogens with zero attached hydrogens (tertiary/aromatic N) is 1. The molecule has 0 radical (unpaired) electrons. The van der Waals surface area contributed by atoms with Crippen molar-refractivity contribution in [2.45, 2.75) is 30.6 Å². The molecule has 0 bridgehead atoms. The highest BCUT2D eigenvalue weighted by Gasteiger charge is 2.26. The fourth-order valence-electron chi connectivity index (χ4n) is 2.26. The molecule has 0 aliphatic heterocycles. The average molecular weight is 253 g/mol. The molecule has 2 unspecified atom stereocenters. The van der Waals surface area contributed by atoms with E-state index in [1.54, 1.807) is 7.11 Å². The van der Waals surface area contributed by atoms with Gasteiger partial charge in [0.1, 0.15) is 5.82 Å². The number of pyridine rings is 1. The van der Waals surface area contributed by atoms with Crippen molar-refractivity contribution >= 4 is 23.3 Å². The van der Waals surface area contributed by atoms with Gasteiger partial charge in [0.05, 0.1) is 12.8 Å². The number of methoxy groups -OCH3 is 1. The number of nitrogen functional groups attached to an aromatic ring is 1. The van der Waals surface area contributed by atoms with Gasteiger partial charge in [0.25, 0.3) is 0 Å². The average Bonchev–Trinajstić information content (AvgIpc) is 2.79. The summed E-state index contributed by atoms with van der Waals surface area (Å²) in [5, 5.41) is 4.16. The first-order chi connectivity index (χ1) is 8.24. The Balaban J connectivity index is 2.08. The molecule has 94 valence electrons. The molecule has 4 nitrogen and oxygen atoms in total. The molecule has 1 aliphatic rings. The lowest BCUT2D eigenvalue weighted by Crippen LogP contribution is -2.26. The third-order valence-corrected chi connectivity index (χ3v) is 4.34. The van der Waals surface area contributed by atoms with Crippen LogP contribution in [0.2, 0.25) is 0 Å². The molecule has 1 aliphatic carbocycles. The molecule has 17 heavy (non-hydrogen) atoms. The summed E-state index contributed by atoms with van der Waals surface area (Å²) < 4.78 is 5.12. The van der Waals surface area contributed by atoms with Crippen LogP contribution >= 0.6 is 11.8 Å². The largest absolute Gasteiger partial charge is 0.479 e. The van der Waals surface area contributed by atoms with Gasteiger partial charge in [-0.2, -0.15) is 16.7 Å². The van der Waals surface area contributed by atoms with E-state index < -0.39 is 0 Å². The number of hydrogen-bond acceptors (Lipinski definition) is 5. The molecule has 2 rings (SSSR count). The maximum Gasteiger partial charge on any atom is 0.238 e. The number of hydrogen-bond donors (Lipinski definition) is 2. The Morgan fingerprint density at radius 3 is 3.00 bits per heavy atom. The second-order valence-corrected chi connectivity index (χ2v) is 5.33. The SMILES string of the molecule is COc1nc(NC2CCCC2SC)ccc1N. The van der Waals surface area contributed by atoms with E-state index >= 15 is 0 Å². The first kappa shape index (κ1) is 12.4. The molecule has 2 atom stereocenters. The van der Waals surface area contributed by atoms with Crippen molar-refractivity contribution in [3.63, 3.8) is 0 Å². The van der Waals surface area contributed by atoms with Crippen LogP contribution in [-0.4, -0.2) is 29.6 Å². The number of rotatable bonds is 4. The van der Waals surface area contributed by atoms with Gasteiger partial charge in [0.15, 0.2) is 0 Å². The van der Waals surface area contributed by atoms with Crippen LogP contribution < -0.4 is 15.8 Å². The lowest BCUT2D eigenvalue weighted by Gasteiger charge is -2.20. The van der Waals surface area contributed by atoms with Crippen molar-refractivity contribution in [1.82, 2.24) is 4.98 Å². The molecule has 5 heteroatoms. The number of ether oxygens (including phenoxy) is 1. The summed E-state index contributed by atoms with van der Waals surface area (Å²) in [6.07, 6.45) is 5.95. The number of nitrogens with two attached hydrogens (primary N) is 1. The smallest absolute Gasteiger partial charge is 0.238 e. The zero-order valence-electron chi connectivity index (χ0n) is 10.3. The second-order valence-electron chi connectivity index (χ2n) is 4.25. The van der Waals surface area contributed by atoms with Gasteiger partial charge in [-0.25, -0.2) is 0 Å². The summed E-state index contributed by atoms with van der Waals surface area (Å²) in [4.78, 5) is 4.36. The van der Waals surface area contributed by atoms with Crippen molar-refractivity contribution in [3.8, 4) is 5.88 Å². The molecule has 0 spiro atoms. The number of thioether (sulfide) groups is 1. The zero-order chi connectivity index (χ0) is 12.3. The number of anilines is 2. The first-order valence-electron chi connectivity index (χ1n) is 5.84. The summed E-state index contributed by atoms with van der Waals surface area (Å²) in [5.74, 6) is 1.34.